The lowest BCUT2D eigenvalue weighted by atomic mass is 9.85. The molecule has 1 aliphatic heterocycles. The van der Waals surface area contributed by atoms with Crippen molar-refractivity contribution in [2.45, 2.75) is 50.7 Å². The molecule has 3 unspecified atom stereocenters. The molecule has 3 rings (SSSR count). The number of benzene rings is 1. The van der Waals surface area contributed by atoms with E-state index in [1.165, 1.54) is 25.7 Å². The molecule has 6 heteroatoms. The number of rotatable bonds is 8. The highest BCUT2D eigenvalue weighted by molar-refractivity contribution is 5.82. The topological polar surface area (TPSA) is 62.8 Å². The minimum atomic E-state index is -0.0476. The van der Waals surface area contributed by atoms with Crippen molar-refractivity contribution in [1.29, 1.82) is 0 Å². The Morgan fingerprint density at radius 2 is 2.07 bits per heavy atom. The van der Waals surface area contributed by atoms with Gasteiger partial charge in [-0.3, -0.25) is 4.79 Å². The zero-order valence-electron chi connectivity index (χ0n) is 16.8. The number of fused-ring (bicyclic) bond motifs is 1. The molecule has 0 spiro atoms. The predicted octanol–water partition coefficient (Wildman–Crippen LogP) is 2.17. The Labute approximate surface area is 162 Å². The lowest BCUT2D eigenvalue weighted by molar-refractivity contribution is -0.123. The molecule has 150 valence electrons. The second-order valence-corrected chi connectivity index (χ2v) is 7.96. The van der Waals surface area contributed by atoms with Crippen LogP contribution >= 0.6 is 0 Å². The summed E-state index contributed by atoms with van der Waals surface area (Å²) < 4.78 is 11.2. The van der Waals surface area contributed by atoms with Crippen LogP contribution in [0.5, 0.6) is 11.5 Å². The Balaban J connectivity index is 1.50. The second kappa shape index (κ2) is 9.42. The molecule has 2 N–H and O–H groups in total. The number of hydrogen-bond donors (Lipinski definition) is 2. The average Bonchev–Trinajstić information content (AvgIpc) is 3.10. The van der Waals surface area contributed by atoms with Crippen molar-refractivity contribution in [1.82, 2.24) is 15.5 Å². The first kappa shape index (κ1) is 20.0. The molecule has 1 heterocycles. The first-order chi connectivity index (χ1) is 13.1. The van der Waals surface area contributed by atoms with E-state index in [0.29, 0.717) is 30.9 Å². The summed E-state index contributed by atoms with van der Waals surface area (Å²) in [6.45, 7) is 1.95. The van der Waals surface area contributed by atoms with Gasteiger partial charge in [-0.25, -0.2) is 0 Å². The van der Waals surface area contributed by atoms with Crippen molar-refractivity contribution < 1.29 is 14.3 Å². The van der Waals surface area contributed by atoms with E-state index < -0.39 is 0 Å². The van der Waals surface area contributed by atoms with Crippen LogP contribution in [0.1, 0.15) is 37.7 Å². The van der Waals surface area contributed by atoms with E-state index in [9.17, 15) is 4.79 Å². The standard InChI is InChI=1S/C21H33N3O3/c1-24(2)10-11-27-19-9-8-15(12-20(19)26-3)14-22-21(25)18-13-16-6-4-5-7-17(16)23-18/h8-9,12,16-18,23H,4-7,10-11,13-14H2,1-3H3,(H,22,25). The maximum Gasteiger partial charge on any atom is 0.237 e. The molecule has 0 radical (unpaired) electrons. The molecular formula is C21H33N3O3. The van der Waals surface area contributed by atoms with Crippen molar-refractivity contribution in [3.8, 4) is 11.5 Å². The third kappa shape index (κ3) is 5.36. The van der Waals surface area contributed by atoms with Crippen molar-refractivity contribution >= 4 is 5.91 Å². The van der Waals surface area contributed by atoms with Gasteiger partial charge in [-0.05, 0) is 57.0 Å². The maximum atomic E-state index is 12.6. The summed E-state index contributed by atoms with van der Waals surface area (Å²) in [5.41, 5.74) is 1.01. The summed E-state index contributed by atoms with van der Waals surface area (Å²) in [4.78, 5) is 14.6. The smallest absolute Gasteiger partial charge is 0.237 e. The molecule has 0 aromatic heterocycles. The van der Waals surface area contributed by atoms with Crippen LogP contribution in [0, 0.1) is 5.92 Å². The number of carbonyl (C=O) groups is 1. The van der Waals surface area contributed by atoms with Gasteiger partial charge in [0.25, 0.3) is 0 Å². The molecule has 6 nitrogen and oxygen atoms in total. The summed E-state index contributed by atoms with van der Waals surface area (Å²) in [5.74, 6) is 2.21. The van der Waals surface area contributed by atoms with E-state index in [0.717, 1.165) is 24.3 Å². The molecule has 27 heavy (non-hydrogen) atoms. The van der Waals surface area contributed by atoms with Crippen molar-refractivity contribution in [2.24, 2.45) is 5.92 Å². The molecule has 1 aliphatic carbocycles. The Kier molecular flexibility index (Phi) is 6.96. The molecule has 1 aromatic rings. The molecule has 3 atom stereocenters. The van der Waals surface area contributed by atoms with Gasteiger partial charge in [0.15, 0.2) is 11.5 Å². The highest BCUT2D eigenvalue weighted by Gasteiger charge is 2.37. The number of ether oxygens (including phenoxy) is 2. The molecule has 1 saturated heterocycles. The second-order valence-electron chi connectivity index (χ2n) is 7.96. The largest absolute Gasteiger partial charge is 0.493 e. The number of amides is 1. The summed E-state index contributed by atoms with van der Waals surface area (Å²) in [6, 6.07) is 6.32. The summed E-state index contributed by atoms with van der Waals surface area (Å²) in [5, 5.41) is 6.61. The Morgan fingerprint density at radius 1 is 1.26 bits per heavy atom. The van der Waals surface area contributed by atoms with Crippen LogP contribution in [0.3, 0.4) is 0 Å². The monoisotopic (exact) mass is 375 g/mol. The van der Waals surface area contributed by atoms with Crippen LogP contribution in [0.15, 0.2) is 18.2 Å². The molecule has 1 aromatic carbocycles. The minimum absolute atomic E-state index is 0.0476. The molecule has 0 bridgehead atoms. The lowest BCUT2D eigenvalue weighted by Crippen LogP contribution is -2.42. The highest BCUT2D eigenvalue weighted by atomic mass is 16.5. The van der Waals surface area contributed by atoms with Gasteiger partial charge < -0.3 is 25.0 Å². The van der Waals surface area contributed by atoms with Gasteiger partial charge in [-0.15, -0.1) is 0 Å². The van der Waals surface area contributed by atoms with Crippen molar-refractivity contribution in [3.63, 3.8) is 0 Å². The summed E-state index contributed by atoms with van der Waals surface area (Å²) in [7, 11) is 5.67. The fraction of sp³-hybridized carbons (Fsp3) is 0.667. The van der Waals surface area contributed by atoms with Gasteiger partial charge in [0, 0.05) is 19.1 Å². The fourth-order valence-corrected chi connectivity index (χ4v) is 4.11. The van der Waals surface area contributed by atoms with Crippen LogP contribution in [0.2, 0.25) is 0 Å². The summed E-state index contributed by atoms with van der Waals surface area (Å²) >= 11 is 0. The third-order valence-corrected chi connectivity index (χ3v) is 5.67. The number of nitrogens with zero attached hydrogens (tertiary/aromatic N) is 1. The lowest BCUT2D eigenvalue weighted by Gasteiger charge is -2.24. The van der Waals surface area contributed by atoms with Crippen molar-refractivity contribution in [3.05, 3.63) is 23.8 Å². The molecule has 2 aliphatic rings. The van der Waals surface area contributed by atoms with Crippen LogP contribution < -0.4 is 20.1 Å². The highest BCUT2D eigenvalue weighted by Crippen LogP contribution is 2.33. The Hall–Kier alpha value is -1.79. The maximum absolute atomic E-state index is 12.6. The Bertz CT molecular complexity index is 621. The predicted molar refractivity (Wildman–Crippen MR) is 106 cm³/mol. The summed E-state index contributed by atoms with van der Waals surface area (Å²) in [6.07, 6.45) is 6.03. The van der Waals surface area contributed by atoms with E-state index in [4.69, 9.17) is 9.47 Å². The SMILES string of the molecule is COc1cc(CNC(=O)C2CC3CCCCC3N2)ccc1OCCN(C)C. The van der Waals surface area contributed by atoms with Crippen LogP contribution in [-0.4, -0.2) is 57.2 Å². The van der Waals surface area contributed by atoms with Crippen molar-refractivity contribution in [2.75, 3.05) is 34.4 Å². The van der Waals surface area contributed by atoms with Crippen LogP contribution in [0.25, 0.3) is 0 Å². The van der Waals surface area contributed by atoms with Gasteiger partial charge in [0.2, 0.25) is 5.91 Å². The quantitative estimate of drug-likeness (QED) is 0.729. The number of likely N-dealkylation sites (N-methyl/N-ethyl adjacent to an activating group) is 1. The van der Waals surface area contributed by atoms with E-state index in [-0.39, 0.29) is 11.9 Å². The van der Waals surface area contributed by atoms with Gasteiger partial charge in [-0.2, -0.15) is 0 Å². The van der Waals surface area contributed by atoms with E-state index in [2.05, 4.69) is 15.5 Å². The van der Waals surface area contributed by atoms with Crippen LogP contribution in [-0.2, 0) is 11.3 Å². The first-order valence-corrected chi connectivity index (χ1v) is 10.0. The number of nitrogens with one attached hydrogen (secondary N) is 2. The van der Waals surface area contributed by atoms with Gasteiger partial charge >= 0.3 is 0 Å². The van der Waals surface area contributed by atoms with E-state index >= 15 is 0 Å². The molecule has 2 fully saturated rings. The van der Waals surface area contributed by atoms with Gasteiger partial charge in [0.05, 0.1) is 13.2 Å². The zero-order valence-corrected chi connectivity index (χ0v) is 16.8. The number of hydrogen-bond acceptors (Lipinski definition) is 5. The van der Waals surface area contributed by atoms with E-state index in [1.54, 1.807) is 7.11 Å². The molecule has 1 saturated carbocycles. The fourth-order valence-electron chi connectivity index (χ4n) is 4.11. The normalized spacial score (nSPS) is 24.5. The van der Waals surface area contributed by atoms with Gasteiger partial charge in [0.1, 0.15) is 6.61 Å². The minimum Gasteiger partial charge on any atom is -0.493 e. The first-order valence-electron chi connectivity index (χ1n) is 10.0. The average molecular weight is 376 g/mol. The van der Waals surface area contributed by atoms with Crippen LogP contribution in [0.4, 0.5) is 0 Å². The van der Waals surface area contributed by atoms with E-state index in [1.807, 2.05) is 32.3 Å². The Morgan fingerprint density at radius 3 is 2.81 bits per heavy atom. The zero-order chi connectivity index (χ0) is 19.2. The number of methoxy groups -OCH3 is 1. The van der Waals surface area contributed by atoms with Gasteiger partial charge in [-0.1, -0.05) is 18.9 Å². The molecule has 1 amide bonds. The third-order valence-electron chi connectivity index (χ3n) is 5.67. The molecular weight excluding hydrogens is 342 g/mol. The number of carbonyl (C=O) groups excluding carboxylic acids is 1.